The molecular weight excluding hydrogens is 364 g/mol. The van der Waals surface area contributed by atoms with E-state index in [2.05, 4.69) is 10.6 Å². The summed E-state index contributed by atoms with van der Waals surface area (Å²) < 4.78 is 53.0. The van der Waals surface area contributed by atoms with Gasteiger partial charge in [-0.2, -0.15) is 13.2 Å². The summed E-state index contributed by atoms with van der Waals surface area (Å²) in [6.07, 6.45) is -2.49. The first-order chi connectivity index (χ1) is 12.7. The van der Waals surface area contributed by atoms with Gasteiger partial charge in [0.15, 0.2) is 0 Å². The number of hydrogen-bond donors (Lipinski definition) is 2. The number of rotatable bonds is 4. The number of nitrogens with one attached hydrogen (secondary N) is 2. The third-order valence-corrected chi connectivity index (χ3v) is 4.42. The standard InChI is InChI=1S/C19H16F4N2O2/c20-13-6-4-12(5-7-13)17(26)24-14-8-9-16(15(10-14)19(21,22)23)25-18(27)11-2-1-3-11/h4-11H,1-3H2,(H,24,26)(H,25,27). The number of anilines is 2. The highest BCUT2D eigenvalue weighted by Crippen LogP contribution is 2.37. The fourth-order valence-electron chi connectivity index (χ4n) is 2.68. The molecule has 1 saturated carbocycles. The molecule has 2 amide bonds. The van der Waals surface area contributed by atoms with Gasteiger partial charge in [0.2, 0.25) is 5.91 Å². The monoisotopic (exact) mass is 380 g/mol. The van der Waals surface area contributed by atoms with E-state index in [4.69, 9.17) is 0 Å². The minimum absolute atomic E-state index is 0.0849. The predicted molar refractivity (Wildman–Crippen MR) is 91.8 cm³/mol. The van der Waals surface area contributed by atoms with Gasteiger partial charge in [-0.15, -0.1) is 0 Å². The van der Waals surface area contributed by atoms with Crippen molar-refractivity contribution >= 4 is 23.2 Å². The summed E-state index contributed by atoms with van der Waals surface area (Å²) in [6, 6.07) is 7.75. The van der Waals surface area contributed by atoms with Crippen molar-refractivity contribution in [1.29, 1.82) is 0 Å². The predicted octanol–water partition coefficient (Wildman–Crippen LogP) is 4.84. The van der Waals surface area contributed by atoms with E-state index in [0.29, 0.717) is 12.8 Å². The Bertz CT molecular complexity index is 859. The summed E-state index contributed by atoms with van der Waals surface area (Å²) in [4.78, 5) is 24.1. The lowest BCUT2D eigenvalue weighted by Crippen LogP contribution is -2.29. The Labute approximate surface area is 152 Å². The Morgan fingerprint density at radius 3 is 2.19 bits per heavy atom. The molecule has 0 bridgehead atoms. The highest BCUT2D eigenvalue weighted by atomic mass is 19.4. The van der Waals surface area contributed by atoms with Gasteiger partial charge in [0.05, 0.1) is 11.3 Å². The molecule has 3 rings (SSSR count). The molecule has 2 N–H and O–H groups in total. The first kappa shape index (κ1) is 18.9. The summed E-state index contributed by atoms with van der Waals surface area (Å²) in [6.45, 7) is 0. The topological polar surface area (TPSA) is 58.2 Å². The molecule has 2 aromatic carbocycles. The van der Waals surface area contributed by atoms with Gasteiger partial charge in [-0.1, -0.05) is 6.42 Å². The molecule has 27 heavy (non-hydrogen) atoms. The molecule has 8 heteroatoms. The zero-order valence-corrected chi connectivity index (χ0v) is 14.1. The second kappa shape index (κ2) is 7.38. The first-order valence-electron chi connectivity index (χ1n) is 8.33. The van der Waals surface area contributed by atoms with Crippen molar-refractivity contribution in [2.45, 2.75) is 25.4 Å². The van der Waals surface area contributed by atoms with Gasteiger partial charge in [-0.25, -0.2) is 4.39 Å². The van der Waals surface area contributed by atoms with Crippen molar-refractivity contribution in [3.8, 4) is 0 Å². The minimum Gasteiger partial charge on any atom is -0.325 e. The summed E-state index contributed by atoms with van der Waals surface area (Å²) >= 11 is 0. The van der Waals surface area contributed by atoms with Crippen LogP contribution in [0.4, 0.5) is 28.9 Å². The van der Waals surface area contributed by atoms with Crippen LogP contribution in [0.2, 0.25) is 0 Å². The Hall–Kier alpha value is -2.90. The smallest absolute Gasteiger partial charge is 0.325 e. The highest BCUT2D eigenvalue weighted by Gasteiger charge is 2.35. The molecule has 0 heterocycles. The van der Waals surface area contributed by atoms with Gasteiger partial charge in [0.25, 0.3) is 5.91 Å². The van der Waals surface area contributed by atoms with E-state index in [0.717, 1.165) is 30.7 Å². The highest BCUT2D eigenvalue weighted by molar-refractivity contribution is 6.04. The van der Waals surface area contributed by atoms with Gasteiger partial charge >= 0.3 is 6.18 Å². The lowest BCUT2D eigenvalue weighted by Gasteiger charge is -2.25. The van der Waals surface area contributed by atoms with Crippen molar-refractivity contribution in [2.75, 3.05) is 10.6 Å². The van der Waals surface area contributed by atoms with Crippen molar-refractivity contribution in [3.63, 3.8) is 0 Å². The maximum Gasteiger partial charge on any atom is 0.418 e. The van der Waals surface area contributed by atoms with Gasteiger partial charge in [0.1, 0.15) is 5.82 Å². The van der Waals surface area contributed by atoms with E-state index < -0.39 is 29.4 Å². The molecule has 0 saturated heterocycles. The Morgan fingerprint density at radius 2 is 1.63 bits per heavy atom. The Balaban J connectivity index is 1.81. The minimum atomic E-state index is -4.71. The van der Waals surface area contributed by atoms with Crippen LogP contribution in [0.3, 0.4) is 0 Å². The molecule has 4 nitrogen and oxygen atoms in total. The van der Waals surface area contributed by atoms with Gasteiger partial charge < -0.3 is 10.6 Å². The number of amides is 2. The van der Waals surface area contributed by atoms with Crippen LogP contribution < -0.4 is 10.6 Å². The molecule has 0 aliphatic heterocycles. The molecule has 1 fully saturated rings. The number of alkyl halides is 3. The zero-order valence-electron chi connectivity index (χ0n) is 14.1. The van der Waals surface area contributed by atoms with E-state index in [-0.39, 0.29) is 22.9 Å². The van der Waals surface area contributed by atoms with Crippen molar-refractivity contribution in [2.24, 2.45) is 5.92 Å². The second-order valence-corrected chi connectivity index (χ2v) is 6.34. The lowest BCUT2D eigenvalue weighted by atomic mass is 9.85. The fraction of sp³-hybridized carbons (Fsp3) is 0.263. The van der Waals surface area contributed by atoms with Crippen LogP contribution in [0.5, 0.6) is 0 Å². The van der Waals surface area contributed by atoms with Gasteiger partial charge in [0, 0.05) is 17.2 Å². The average molecular weight is 380 g/mol. The molecule has 1 aliphatic rings. The molecule has 0 unspecified atom stereocenters. The van der Waals surface area contributed by atoms with E-state index in [1.807, 2.05) is 0 Å². The number of carbonyl (C=O) groups is 2. The average Bonchev–Trinajstić information content (AvgIpc) is 2.54. The van der Waals surface area contributed by atoms with E-state index >= 15 is 0 Å². The molecule has 2 aromatic rings. The van der Waals surface area contributed by atoms with Crippen molar-refractivity contribution in [3.05, 3.63) is 59.4 Å². The normalized spacial score (nSPS) is 14.4. The third-order valence-electron chi connectivity index (χ3n) is 4.42. The number of carbonyl (C=O) groups excluding carboxylic acids is 2. The molecule has 0 aromatic heterocycles. The van der Waals surface area contributed by atoms with Crippen molar-refractivity contribution < 1.29 is 27.2 Å². The molecule has 1 aliphatic carbocycles. The third kappa shape index (κ3) is 4.45. The van der Waals surface area contributed by atoms with E-state index in [1.165, 1.54) is 18.2 Å². The van der Waals surface area contributed by atoms with E-state index in [9.17, 15) is 27.2 Å². The molecule has 0 spiro atoms. The summed E-state index contributed by atoms with van der Waals surface area (Å²) in [5.41, 5.74) is -1.38. The second-order valence-electron chi connectivity index (χ2n) is 6.34. The van der Waals surface area contributed by atoms with Crippen LogP contribution in [0, 0.1) is 11.7 Å². The van der Waals surface area contributed by atoms with E-state index in [1.54, 1.807) is 0 Å². The van der Waals surface area contributed by atoms with Gasteiger partial charge in [-0.05, 0) is 55.3 Å². The molecule has 0 radical (unpaired) electrons. The number of hydrogen-bond acceptors (Lipinski definition) is 2. The van der Waals surface area contributed by atoms with Crippen LogP contribution in [-0.2, 0) is 11.0 Å². The van der Waals surface area contributed by atoms with Crippen molar-refractivity contribution in [1.82, 2.24) is 0 Å². The summed E-state index contributed by atoms with van der Waals surface area (Å²) in [5, 5.41) is 4.67. The summed E-state index contributed by atoms with van der Waals surface area (Å²) in [5.74, 6) is -1.90. The fourth-order valence-corrected chi connectivity index (χ4v) is 2.68. The molecular formula is C19H16F4N2O2. The zero-order chi connectivity index (χ0) is 19.6. The van der Waals surface area contributed by atoms with Crippen LogP contribution >= 0.6 is 0 Å². The Kier molecular flexibility index (Phi) is 5.16. The molecule has 0 atom stereocenters. The number of benzene rings is 2. The van der Waals surface area contributed by atoms with Crippen LogP contribution in [0.15, 0.2) is 42.5 Å². The molecule has 142 valence electrons. The first-order valence-corrected chi connectivity index (χ1v) is 8.33. The van der Waals surface area contributed by atoms with Crippen LogP contribution in [0.1, 0.15) is 35.2 Å². The lowest BCUT2D eigenvalue weighted by molar-refractivity contribution is -0.137. The largest absolute Gasteiger partial charge is 0.418 e. The SMILES string of the molecule is O=C(Nc1ccc(NC(=O)C2CCC2)c(C(F)(F)F)c1)c1ccc(F)cc1. The Morgan fingerprint density at radius 1 is 0.963 bits per heavy atom. The maximum atomic E-state index is 13.4. The van der Waals surface area contributed by atoms with Crippen LogP contribution in [0.25, 0.3) is 0 Å². The summed E-state index contributed by atoms with van der Waals surface area (Å²) in [7, 11) is 0. The quantitative estimate of drug-likeness (QED) is 0.746. The number of halogens is 4. The van der Waals surface area contributed by atoms with Gasteiger partial charge in [-0.3, -0.25) is 9.59 Å². The maximum absolute atomic E-state index is 13.4. The van der Waals surface area contributed by atoms with Crippen LogP contribution in [-0.4, -0.2) is 11.8 Å².